The van der Waals surface area contributed by atoms with Gasteiger partial charge >= 0.3 is 0 Å². The maximum atomic E-state index is 9.92. The normalized spacial score (nSPS) is 33.6. The van der Waals surface area contributed by atoms with E-state index in [1.807, 2.05) is 35.2 Å². The molecule has 4 nitrogen and oxygen atoms in total. The summed E-state index contributed by atoms with van der Waals surface area (Å²) in [5.74, 6) is 0. The second-order valence-corrected chi connectivity index (χ2v) is 5.22. The summed E-state index contributed by atoms with van der Waals surface area (Å²) in [6, 6.07) is 9.30. The van der Waals surface area contributed by atoms with Gasteiger partial charge < -0.3 is 15.3 Å². The predicted octanol–water partition coefficient (Wildman–Crippen LogP) is 0.192. The Bertz CT molecular complexity index is 376. The molecular formula is C13H18ClNO3. The highest BCUT2D eigenvalue weighted by Crippen LogP contribution is 2.24. The number of aliphatic hydroxyl groups excluding tert-OH is 3. The van der Waals surface area contributed by atoms with Crippen LogP contribution in [0.25, 0.3) is 0 Å². The van der Waals surface area contributed by atoms with Gasteiger partial charge in [-0.05, 0) is 5.56 Å². The van der Waals surface area contributed by atoms with Gasteiger partial charge in [0, 0.05) is 13.1 Å². The lowest BCUT2D eigenvalue weighted by atomic mass is 9.95. The lowest BCUT2D eigenvalue weighted by Gasteiger charge is -2.43. The number of halogens is 1. The van der Waals surface area contributed by atoms with Crippen molar-refractivity contribution >= 4 is 11.6 Å². The van der Waals surface area contributed by atoms with Gasteiger partial charge in [-0.25, -0.2) is 0 Å². The van der Waals surface area contributed by atoms with Gasteiger partial charge in [0.1, 0.15) is 0 Å². The maximum Gasteiger partial charge on any atom is 0.0991 e. The molecule has 100 valence electrons. The number of hydrogen-bond acceptors (Lipinski definition) is 4. The summed E-state index contributed by atoms with van der Waals surface area (Å²) in [4.78, 5) is 1.91. The van der Waals surface area contributed by atoms with Crippen LogP contribution in [0.4, 0.5) is 0 Å². The Hall–Kier alpha value is -0.650. The molecule has 0 radical (unpaired) electrons. The number of piperidine rings is 1. The van der Waals surface area contributed by atoms with Crippen molar-refractivity contribution in [3.63, 3.8) is 0 Å². The largest absolute Gasteiger partial charge is 0.395 e. The topological polar surface area (TPSA) is 63.9 Å². The lowest BCUT2D eigenvalue weighted by Crippen LogP contribution is -2.60. The summed E-state index contributed by atoms with van der Waals surface area (Å²) in [6.07, 6.45) is -2.01. The SMILES string of the molecule is OCC1[C@@H](O)[C@H](O)[C@@H](Cl)CN1Cc1ccccc1. The Morgan fingerprint density at radius 2 is 1.83 bits per heavy atom. The molecule has 1 aliphatic rings. The minimum absolute atomic E-state index is 0.200. The molecule has 0 aliphatic carbocycles. The van der Waals surface area contributed by atoms with Gasteiger partial charge in [0.15, 0.2) is 0 Å². The Balaban J connectivity index is 2.10. The van der Waals surface area contributed by atoms with Gasteiger partial charge in [0.25, 0.3) is 0 Å². The number of alkyl halides is 1. The van der Waals surface area contributed by atoms with E-state index < -0.39 is 23.6 Å². The van der Waals surface area contributed by atoms with Crippen LogP contribution < -0.4 is 0 Å². The fraction of sp³-hybridized carbons (Fsp3) is 0.538. The molecule has 1 aromatic carbocycles. The van der Waals surface area contributed by atoms with Crippen LogP contribution in [0.3, 0.4) is 0 Å². The van der Waals surface area contributed by atoms with Gasteiger partial charge in [-0.3, -0.25) is 4.90 Å². The molecule has 1 aromatic rings. The molecule has 0 spiro atoms. The quantitative estimate of drug-likeness (QED) is 0.687. The monoisotopic (exact) mass is 271 g/mol. The first-order valence-corrected chi connectivity index (χ1v) is 6.46. The van der Waals surface area contributed by atoms with Crippen molar-refractivity contribution in [1.29, 1.82) is 0 Å². The number of nitrogens with zero attached hydrogens (tertiary/aromatic N) is 1. The summed E-state index contributed by atoms with van der Waals surface area (Å²) in [7, 11) is 0. The highest BCUT2D eigenvalue weighted by Gasteiger charge is 2.40. The van der Waals surface area contributed by atoms with Crippen LogP contribution in [-0.2, 0) is 6.54 Å². The highest BCUT2D eigenvalue weighted by atomic mass is 35.5. The van der Waals surface area contributed by atoms with Crippen LogP contribution in [0, 0.1) is 0 Å². The van der Waals surface area contributed by atoms with E-state index in [-0.39, 0.29) is 6.61 Å². The third-order valence-corrected chi connectivity index (χ3v) is 3.80. The molecule has 5 heteroatoms. The first kappa shape index (κ1) is 13.8. The number of rotatable bonds is 3. The Kier molecular flexibility index (Phi) is 4.59. The molecule has 1 heterocycles. The number of hydrogen-bond donors (Lipinski definition) is 3. The fourth-order valence-electron chi connectivity index (χ4n) is 2.35. The molecular weight excluding hydrogens is 254 g/mol. The molecule has 4 atom stereocenters. The Labute approximate surface area is 111 Å². The van der Waals surface area contributed by atoms with Crippen LogP contribution >= 0.6 is 11.6 Å². The summed E-state index contributed by atoms with van der Waals surface area (Å²) in [6.45, 7) is 0.841. The van der Waals surface area contributed by atoms with E-state index in [1.54, 1.807) is 0 Å². The van der Waals surface area contributed by atoms with Gasteiger partial charge in [-0.15, -0.1) is 11.6 Å². The van der Waals surface area contributed by atoms with E-state index in [9.17, 15) is 15.3 Å². The highest BCUT2D eigenvalue weighted by molar-refractivity contribution is 6.21. The van der Waals surface area contributed by atoms with Crippen LogP contribution in [0.1, 0.15) is 5.56 Å². The second-order valence-electron chi connectivity index (χ2n) is 4.66. The Morgan fingerprint density at radius 1 is 1.17 bits per heavy atom. The molecule has 0 amide bonds. The summed E-state index contributed by atoms with van der Waals surface area (Å²) in [5, 5.41) is 28.5. The van der Waals surface area contributed by atoms with Crippen molar-refractivity contribution in [2.75, 3.05) is 13.2 Å². The third kappa shape index (κ3) is 2.84. The number of aliphatic hydroxyl groups is 3. The van der Waals surface area contributed by atoms with Gasteiger partial charge in [0.05, 0.1) is 30.2 Å². The smallest absolute Gasteiger partial charge is 0.0991 e. The van der Waals surface area contributed by atoms with Crippen molar-refractivity contribution in [1.82, 2.24) is 4.90 Å². The van der Waals surface area contributed by atoms with Gasteiger partial charge in [-0.1, -0.05) is 30.3 Å². The zero-order chi connectivity index (χ0) is 13.1. The average molecular weight is 272 g/mol. The van der Waals surface area contributed by atoms with E-state index in [0.717, 1.165) is 5.56 Å². The molecule has 1 saturated heterocycles. The summed E-state index contributed by atoms with van der Waals surface area (Å²) < 4.78 is 0. The second kappa shape index (κ2) is 5.99. The third-order valence-electron chi connectivity index (χ3n) is 3.41. The van der Waals surface area contributed by atoms with Crippen LogP contribution in [0.5, 0.6) is 0 Å². The zero-order valence-corrected chi connectivity index (χ0v) is 10.7. The molecule has 18 heavy (non-hydrogen) atoms. The first-order chi connectivity index (χ1) is 8.63. The van der Waals surface area contributed by atoms with E-state index in [2.05, 4.69) is 0 Å². The van der Waals surface area contributed by atoms with Crippen LogP contribution in [0.2, 0.25) is 0 Å². The molecule has 0 bridgehead atoms. The van der Waals surface area contributed by atoms with Crippen LogP contribution in [0.15, 0.2) is 30.3 Å². The molecule has 1 aliphatic heterocycles. The van der Waals surface area contributed by atoms with Crippen molar-refractivity contribution in [2.45, 2.75) is 30.2 Å². The van der Waals surface area contributed by atoms with Crippen molar-refractivity contribution in [2.24, 2.45) is 0 Å². The molecule has 2 rings (SSSR count). The molecule has 0 saturated carbocycles. The van der Waals surface area contributed by atoms with E-state index in [4.69, 9.17) is 11.6 Å². The van der Waals surface area contributed by atoms with Crippen molar-refractivity contribution in [3.05, 3.63) is 35.9 Å². The zero-order valence-electron chi connectivity index (χ0n) is 9.98. The fourth-order valence-corrected chi connectivity index (χ4v) is 2.67. The summed E-state index contributed by atoms with van der Waals surface area (Å²) >= 11 is 6.01. The number of benzene rings is 1. The number of likely N-dealkylation sites (tertiary alicyclic amines) is 1. The average Bonchev–Trinajstić information content (AvgIpc) is 2.38. The van der Waals surface area contributed by atoms with E-state index in [1.165, 1.54) is 0 Å². The van der Waals surface area contributed by atoms with E-state index in [0.29, 0.717) is 13.1 Å². The van der Waals surface area contributed by atoms with Gasteiger partial charge in [-0.2, -0.15) is 0 Å². The maximum absolute atomic E-state index is 9.92. The van der Waals surface area contributed by atoms with Crippen molar-refractivity contribution in [3.8, 4) is 0 Å². The van der Waals surface area contributed by atoms with Crippen molar-refractivity contribution < 1.29 is 15.3 Å². The molecule has 3 N–H and O–H groups in total. The lowest BCUT2D eigenvalue weighted by molar-refractivity contribution is -0.0895. The van der Waals surface area contributed by atoms with Crippen LogP contribution in [-0.4, -0.2) is 57.0 Å². The Morgan fingerprint density at radius 3 is 2.44 bits per heavy atom. The van der Waals surface area contributed by atoms with E-state index >= 15 is 0 Å². The molecule has 1 fully saturated rings. The minimum atomic E-state index is -1.02. The molecule has 0 aromatic heterocycles. The minimum Gasteiger partial charge on any atom is -0.395 e. The summed E-state index contributed by atoms with van der Waals surface area (Å²) in [5.41, 5.74) is 1.09. The van der Waals surface area contributed by atoms with Gasteiger partial charge in [0.2, 0.25) is 0 Å². The predicted molar refractivity (Wildman–Crippen MR) is 69.4 cm³/mol. The molecule has 1 unspecified atom stereocenters. The standard InChI is InChI=1S/C13H18ClNO3/c14-10-7-15(6-9-4-2-1-3-5-9)11(8-16)13(18)12(10)17/h1-5,10-13,16-18H,6-8H2/t10-,11?,12+,13+/m0/s1. The first-order valence-electron chi connectivity index (χ1n) is 6.02.